The zero-order valence-corrected chi connectivity index (χ0v) is 9.80. The number of aromatic nitrogens is 3. The lowest BCUT2D eigenvalue weighted by atomic mass is 10.2. The van der Waals surface area contributed by atoms with Crippen molar-refractivity contribution in [3.63, 3.8) is 0 Å². The second kappa shape index (κ2) is 5.48. The van der Waals surface area contributed by atoms with E-state index in [-0.39, 0.29) is 6.03 Å². The van der Waals surface area contributed by atoms with E-state index >= 15 is 0 Å². The highest BCUT2D eigenvalue weighted by Crippen LogP contribution is 2.17. The summed E-state index contributed by atoms with van der Waals surface area (Å²) >= 11 is 0. The van der Waals surface area contributed by atoms with Crippen LogP contribution in [0, 0.1) is 0 Å². The summed E-state index contributed by atoms with van der Waals surface area (Å²) in [7, 11) is 0. The van der Waals surface area contributed by atoms with Gasteiger partial charge in [-0.05, 0) is 12.8 Å². The van der Waals surface area contributed by atoms with Gasteiger partial charge < -0.3 is 15.3 Å². The molecule has 1 fully saturated rings. The minimum atomic E-state index is -0.946. The van der Waals surface area contributed by atoms with Crippen molar-refractivity contribution in [2.24, 2.45) is 0 Å². The standard InChI is InChI=1S/C10H15N5O3/c16-9(17)7-2-1-5-15(7)10(18)11-4-3-8-12-6-13-14-8/h6-7H,1-5H2,(H,11,18)(H,16,17)(H,12,13,14). The van der Waals surface area contributed by atoms with E-state index in [0.717, 1.165) is 6.42 Å². The molecule has 2 heterocycles. The van der Waals surface area contributed by atoms with Gasteiger partial charge in [0.2, 0.25) is 0 Å². The fraction of sp³-hybridized carbons (Fsp3) is 0.600. The van der Waals surface area contributed by atoms with Gasteiger partial charge in [-0.25, -0.2) is 14.6 Å². The maximum Gasteiger partial charge on any atom is 0.326 e. The van der Waals surface area contributed by atoms with Crippen LogP contribution in [0.1, 0.15) is 18.7 Å². The lowest BCUT2D eigenvalue weighted by Gasteiger charge is -2.21. The minimum Gasteiger partial charge on any atom is -0.480 e. The summed E-state index contributed by atoms with van der Waals surface area (Å²) in [5.41, 5.74) is 0. The first-order valence-electron chi connectivity index (χ1n) is 5.80. The van der Waals surface area contributed by atoms with Gasteiger partial charge in [-0.1, -0.05) is 0 Å². The molecule has 0 aliphatic carbocycles. The SMILES string of the molecule is O=C(O)C1CCCN1C(=O)NCCc1ncn[nH]1. The van der Waals surface area contributed by atoms with Gasteiger partial charge in [0.1, 0.15) is 18.2 Å². The summed E-state index contributed by atoms with van der Waals surface area (Å²) in [5.74, 6) is -0.260. The van der Waals surface area contributed by atoms with Crippen LogP contribution in [0.5, 0.6) is 0 Å². The number of hydrogen-bond acceptors (Lipinski definition) is 4. The zero-order chi connectivity index (χ0) is 13.0. The Morgan fingerprint density at radius 1 is 1.61 bits per heavy atom. The van der Waals surface area contributed by atoms with Crippen molar-refractivity contribution < 1.29 is 14.7 Å². The molecule has 8 nitrogen and oxygen atoms in total. The molecule has 1 aromatic heterocycles. The van der Waals surface area contributed by atoms with Gasteiger partial charge in [0.05, 0.1) is 0 Å². The zero-order valence-electron chi connectivity index (χ0n) is 9.80. The minimum absolute atomic E-state index is 0.334. The van der Waals surface area contributed by atoms with E-state index in [0.29, 0.717) is 31.8 Å². The third-order valence-electron chi connectivity index (χ3n) is 2.90. The van der Waals surface area contributed by atoms with Gasteiger partial charge in [-0.15, -0.1) is 0 Å². The first-order chi connectivity index (χ1) is 8.68. The molecule has 1 saturated heterocycles. The summed E-state index contributed by atoms with van der Waals surface area (Å²) in [5, 5.41) is 18.0. The number of carbonyl (C=O) groups is 2. The molecule has 0 bridgehead atoms. The lowest BCUT2D eigenvalue weighted by molar-refractivity contribution is -0.141. The van der Waals surface area contributed by atoms with Crippen LogP contribution in [-0.4, -0.2) is 56.3 Å². The molecule has 0 aromatic carbocycles. The molecule has 3 N–H and O–H groups in total. The van der Waals surface area contributed by atoms with E-state index in [4.69, 9.17) is 5.11 Å². The van der Waals surface area contributed by atoms with Crippen molar-refractivity contribution in [2.75, 3.05) is 13.1 Å². The van der Waals surface area contributed by atoms with Gasteiger partial charge in [0.15, 0.2) is 0 Å². The number of amides is 2. The van der Waals surface area contributed by atoms with Crippen LogP contribution in [0.25, 0.3) is 0 Å². The number of rotatable bonds is 4. The maximum atomic E-state index is 11.8. The van der Waals surface area contributed by atoms with E-state index < -0.39 is 12.0 Å². The Balaban J connectivity index is 1.79. The summed E-state index contributed by atoms with van der Waals surface area (Å²) in [4.78, 5) is 28.0. The van der Waals surface area contributed by atoms with Gasteiger partial charge in [-0.3, -0.25) is 5.10 Å². The molecule has 1 aliphatic rings. The Hall–Kier alpha value is -2.12. The summed E-state index contributed by atoms with van der Waals surface area (Å²) < 4.78 is 0. The molecule has 2 amide bonds. The highest BCUT2D eigenvalue weighted by Gasteiger charge is 2.33. The number of urea groups is 1. The fourth-order valence-electron chi connectivity index (χ4n) is 2.01. The molecule has 1 atom stereocenters. The molecule has 8 heteroatoms. The lowest BCUT2D eigenvalue weighted by Crippen LogP contribution is -2.46. The van der Waals surface area contributed by atoms with E-state index in [1.165, 1.54) is 11.2 Å². The molecular formula is C10H15N5O3. The predicted octanol–water partition coefficient (Wildman–Crippen LogP) is -0.394. The van der Waals surface area contributed by atoms with Crippen LogP contribution in [0.2, 0.25) is 0 Å². The van der Waals surface area contributed by atoms with Gasteiger partial charge in [0, 0.05) is 19.5 Å². The maximum absolute atomic E-state index is 11.8. The average molecular weight is 253 g/mol. The van der Waals surface area contributed by atoms with Gasteiger partial charge in [0.25, 0.3) is 0 Å². The molecule has 0 spiro atoms. The van der Waals surface area contributed by atoms with Crippen molar-refractivity contribution in [3.8, 4) is 0 Å². The number of H-pyrrole nitrogens is 1. The molecule has 2 rings (SSSR count). The molecule has 1 aliphatic heterocycles. The summed E-state index contributed by atoms with van der Waals surface area (Å²) in [6.07, 6.45) is 3.19. The third-order valence-corrected chi connectivity index (χ3v) is 2.90. The first kappa shape index (κ1) is 12.3. The fourth-order valence-corrected chi connectivity index (χ4v) is 2.01. The van der Waals surface area contributed by atoms with Crippen LogP contribution < -0.4 is 5.32 Å². The van der Waals surface area contributed by atoms with Crippen LogP contribution >= 0.6 is 0 Å². The number of carbonyl (C=O) groups excluding carboxylic acids is 1. The van der Waals surface area contributed by atoms with Gasteiger partial charge in [-0.2, -0.15) is 5.10 Å². The van der Waals surface area contributed by atoms with Crippen LogP contribution in [-0.2, 0) is 11.2 Å². The Morgan fingerprint density at radius 3 is 3.11 bits per heavy atom. The second-order valence-electron chi connectivity index (χ2n) is 4.10. The molecular weight excluding hydrogens is 238 g/mol. The smallest absolute Gasteiger partial charge is 0.326 e. The van der Waals surface area contributed by atoms with E-state index in [1.807, 2.05) is 0 Å². The number of carboxylic acid groups (broad SMARTS) is 1. The number of carboxylic acids is 1. The van der Waals surface area contributed by atoms with Gasteiger partial charge >= 0.3 is 12.0 Å². The Labute approximate surface area is 103 Å². The van der Waals surface area contributed by atoms with Crippen molar-refractivity contribution in [1.29, 1.82) is 0 Å². The molecule has 0 radical (unpaired) electrons. The van der Waals surface area contributed by atoms with Crippen molar-refractivity contribution in [1.82, 2.24) is 25.4 Å². The van der Waals surface area contributed by atoms with Crippen LogP contribution in [0.4, 0.5) is 4.79 Å². The third kappa shape index (κ3) is 2.76. The van der Waals surface area contributed by atoms with Crippen molar-refractivity contribution >= 4 is 12.0 Å². The highest BCUT2D eigenvalue weighted by molar-refractivity contribution is 5.83. The monoisotopic (exact) mass is 253 g/mol. The molecule has 1 unspecified atom stereocenters. The van der Waals surface area contributed by atoms with Crippen molar-refractivity contribution in [3.05, 3.63) is 12.2 Å². The van der Waals surface area contributed by atoms with Crippen molar-refractivity contribution in [2.45, 2.75) is 25.3 Å². The first-order valence-corrected chi connectivity index (χ1v) is 5.80. The molecule has 0 saturated carbocycles. The summed E-state index contributed by atoms with van der Waals surface area (Å²) in [6, 6.07) is -1.03. The summed E-state index contributed by atoms with van der Waals surface area (Å²) in [6.45, 7) is 0.891. The number of aliphatic carboxylic acids is 1. The average Bonchev–Trinajstić information content (AvgIpc) is 2.99. The van der Waals surface area contributed by atoms with E-state index in [2.05, 4.69) is 20.5 Å². The topological polar surface area (TPSA) is 111 Å². The molecule has 18 heavy (non-hydrogen) atoms. The van der Waals surface area contributed by atoms with E-state index in [9.17, 15) is 9.59 Å². The molecule has 98 valence electrons. The number of aromatic amines is 1. The highest BCUT2D eigenvalue weighted by atomic mass is 16.4. The number of likely N-dealkylation sites (tertiary alicyclic amines) is 1. The van der Waals surface area contributed by atoms with E-state index in [1.54, 1.807) is 0 Å². The number of hydrogen-bond donors (Lipinski definition) is 3. The number of nitrogens with one attached hydrogen (secondary N) is 2. The second-order valence-corrected chi connectivity index (χ2v) is 4.10. The van der Waals surface area contributed by atoms with Crippen LogP contribution in [0.3, 0.4) is 0 Å². The largest absolute Gasteiger partial charge is 0.480 e. The Morgan fingerprint density at radius 2 is 2.44 bits per heavy atom. The Kier molecular flexibility index (Phi) is 3.75. The van der Waals surface area contributed by atoms with Crippen LogP contribution in [0.15, 0.2) is 6.33 Å². The predicted molar refractivity (Wildman–Crippen MR) is 60.8 cm³/mol. The molecule has 1 aromatic rings. The Bertz CT molecular complexity index is 419. The quantitative estimate of drug-likeness (QED) is 0.676. The number of nitrogens with zero attached hydrogens (tertiary/aromatic N) is 3. The normalized spacial score (nSPS) is 18.9.